The van der Waals surface area contributed by atoms with Crippen LogP contribution >= 0.6 is 0 Å². The monoisotopic (exact) mass is 160 g/mol. The summed E-state index contributed by atoms with van der Waals surface area (Å²) in [5, 5.41) is 21.4. The molecule has 64 valence electrons. The van der Waals surface area contributed by atoms with Crippen LogP contribution in [0.5, 0.6) is 0 Å². The smallest absolute Gasteiger partial charge is 0.239 e. The fourth-order valence-electron chi connectivity index (χ4n) is 1.21. The molecule has 5 nitrogen and oxygen atoms in total. The summed E-state index contributed by atoms with van der Waals surface area (Å²) in [5.74, 6) is -0.260. The molecule has 0 aliphatic carbocycles. The molecular weight excluding hydrogens is 148 g/mol. The van der Waals surface area contributed by atoms with E-state index in [1.54, 1.807) is 0 Å². The van der Waals surface area contributed by atoms with Crippen LogP contribution in [0.1, 0.15) is 6.42 Å². The standard InChI is InChI=1S/C6H12N2O3/c1-7-6(10)5-2-4(9)3-8(5)11/h4-5,9,11H,2-3H2,1H3,(H,7,10). The van der Waals surface area contributed by atoms with Gasteiger partial charge in [0.05, 0.1) is 12.6 Å². The van der Waals surface area contributed by atoms with Crippen LogP contribution in [0.3, 0.4) is 0 Å². The van der Waals surface area contributed by atoms with Gasteiger partial charge in [-0.05, 0) is 0 Å². The Kier molecular flexibility index (Phi) is 2.43. The molecule has 0 aromatic carbocycles. The lowest BCUT2D eigenvalue weighted by Crippen LogP contribution is -2.39. The predicted octanol–water partition coefficient (Wildman–Crippen LogP) is -1.44. The minimum atomic E-state index is -0.595. The number of aliphatic hydroxyl groups is 1. The number of β-amino-alcohol motifs (C(OH)–C–C–N with tert-alkyl or cyclic N) is 1. The molecule has 0 saturated carbocycles. The van der Waals surface area contributed by atoms with Crippen molar-refractivity contribution in [3.63, 3.8) is 0 Å². The average molecular weight is 160 g/mol. The lowest BCUT2D eigenvalue weighted by Gasteiger charge is -2.14. The van der Waals surface area contributed by atoms with Crippen molar-refractivity contribution < 1.29 is 15.1 Å². The molecule has 1 fully saturated rings. The zero-order valence-electron chi connectivity index (χ0n) is 6.32. The zero-order valence-corrected chi connectivity index (χ0v) is 6.32. The van der Waals surface area contributed by atoms with E-state index in [1.807, 2.05) is 0 Å². The van der Waals surface area contributed by atoms with Crippen LogP contribution in [-0.2, 0) is 4.79 Å². The minimum Gasteiger partial charge on any atom is -0.392 e. The molecule has 0 bridgehead atoms. The molecule has 0 aromatic heterocycles. The lowest BCUT2D eigenvalue weighted by atomic mass is 10.2. The summed E-state index contributed by atoms with van der Waals surface area (Å²) in [6.45, 7) is 0.151. The van der Waals surface area contributed by atoms with Gasteiger partial charge in [0, 0.05) is 13.5 Å². The second-order valence-corrected chi connectivity index (χ2v) is 2.64. The maximum Gasteiger partial charge on any atom is 0.239 e. The van der Waals surface area contributed by atoms with Crippen molar-refractivity contribution in [2.75, 3.05) is 13.6 Å². The van der Waals surface area contributed by atoms with Gasteiger partial charge in [-0.1, -0.05) is 0 Å². The SMILES string of the molecule is CNC(=O)C1CC(O)CN1O. The summed E-state index contributed by atoms with van der Waals surface area (Å²) < 4.78 is 0. The van der Waals surface area contributed by atoms with E-state index in [1.165, 1.54) is 7.05 Å². The van der Waals surface area contributed by atoms with Gasteiger partial charge < -0.3 is 15.6 Å². The van der Waals surface area contributed by atoms with Gasteiger partial charge in [-0.25, -0.2) is 0 Å². The first kappa shape index (κ1) is 8.45. The van der Waals surface area contributed by atoms with E-state index in [4.69, 9.17) is 10.3 Å². The molecule has 1 heterocycles. The van der Waals surface area contributed by atoms with Crippen LogP contribution in [-0.4, -0.2) is 47.0 Å². The topological polar surface area (TPSA) is 72.8 Å². The van der Waals surface area contributed by atoms with Crippen LogP contribution < -0.4 is 5.32 Å². The third-order valence-corrected chi connectivity index (χ3v) is 1.80. The van der Waals surface area contributed by atoms with E-state index in [9.17, 15) is 4.79 Å². The second-order valence-electron chi connectivity index (χ2n) is 2.64. The van der Waals surface area contributed by atoms with Gasteiger partial charge in [-0.3, -0.25) is 4.79 Å². The highest BCUT2D eigenvalue weighted by atomic mass is 16.5. The van der Waals surface area contributed by atoms with Crippen molar-refractivity contribution in [1.82, 2.24) is 10.4 Å². The largest absolute Gasteiger partial charge is 0.392 e. The Labute approximate surface area is 64.6 Å². The molecule has 2 atom stereocenters. The maximum absolute atomic E-state index is 10.9. The van der Waals surface area contributed by atoms with E-state index in [2.05, 4.69) is 5.32 Å². The van der Waals surface area contributed by atoms with Crippen molar-refractivity contribution in [3.8, 4) is 0 Å². The van der Waals surface area contributed by atoms with E-state index >= 15 is 0 Å². The van der Waals surface area contributed by atoms with Crippen molar-refractivity contribution in [2.45, 2.75) is 18.6 Å². The van der Waals surface area contributed by atoms with Crippen LogP contribution in [0.4, 0.5) is 0 Å². The van der Waals surface area contributed by atoms with E-state index in [0.29, 0.717) is 6.42 Å². The number of nitrogens with zero attached hydrogens (tertiary/aromatic N) is 1. The highest BCUT2D eigenvalue weighted by Gasteiger charge is 2.34. The molecule has 1 aliphatic rings. The van der Waals surface area contributed by atoms with Crippen molar-refractivity contribution in [3.05, 3.63) is 0 Å². The third kappa shape index (κ3) is 1.68. The number of hydrogen-bond donors (Lipinski definition) is 3. The molecule has 0 radical (unpaired) electrons. The van der Waals surface area contributed by atoms with Gasteiger partial charge in [0.1, 0.15) is 6.04 Å². The number of carbonyl (C=O) groups excluding carboxylic acids is 1. The molecule has 11 heavy (non-hydrogen) atoms. The summed E-state index contributed by atoms with van der Waals surface area (Å²) in [5.41, 5.74) is 0. The molecule has 1 rings (SSSR count). The first-order chi connectivity index (χ1) is 5.15. The van der Waals surface area contributed by atoms with Crippen molar-refractivity contribution in [1.29, 1.82) is 0 Å². The van der Waals surface area contributed by atoms with Crippen LogP contribution in [0.25, 0.3) is 0 Å². The number of amides is 1. The van der Waals surface area contributed by atoms with Gasteiger partial charge in [0.25, 0.3) is 0 Å². The Hall–Kier alpha value is -0.650. The Bertz CT molecular complexity index is 162. The highest BCUT2D eigenvalue weighted by Crippen LogP contribution is 2.14. The summed E-state index contributed by atoms with van der Waals surface area (Å²) >= 11 is 0. The molecule has 1 amide bonds. The third-order valence-electron chi connectivity index (χ3n) is 1.80. The van der Waals surface area contributed by atoms with E-state index < -0.39 is 12.1 Å². The fraction of sp³-hybridized carbons (Fsp3) is 0.833. The Morgan fingerprint density at radius 3 is 2.73 bits per heavy atom. The number of nitrogens with one attached hydrogen (secondary N) is 1. The van der Waals surface area contributed by atoms with Gasteiger partial charge >= 0.3 is 0 Å². The summed E-state index contributed by atoms with van der Waals surface area (Å²) in [6, 6.07) is -0.588. The number of hydrogen-bond acceptors (Lipinski definition) is 4. The molecule has 5 heteroatoms. The summed E-state index contributed by atoms with van der Waals surface area (Å²) in [7, 11) is 1.50. The number of hydroxylamine groups is 2. The molecule has 3 N–H and O–H groups in total. The summed E-state index contributed by atoms with van der Waals surface area (Å²) in [6.07, 6.45) is -0.293. The Morgan fingerprint density at radius 2 is 2.36 bits per heavy atom. The lowest BCUT2D eigenvalue weighted by molar-refractivity contribution is -0.145. The molecule has 1 saturated heterocycles. The van der Waals surface area contributed by atoms with Gasteiger partial charge in [-0.2, -0.15) is 5.06 Å². The molecule has 0 aromatic rings. The number of rotatable bonds is 1. The van der Waals surface area contributed by atoms with Crippen molar-refractivity contribution in [2.24, 2.45) is 0 Å². The average Bonchev–Trinajstić information content (AvgIpc) is 2.28. The maximum atomic E-state index is 10.9. The molecule has 1 aliphatic heterocycles. The summed E-state index contributed by atoms with van der Waals surface area (Å²) in [4.78, 5) is 10.9. The van der Waals surface area contributed by atoms with Crippen LogP contribution in [0.15, 0.2) is 0 Å². The molecule has 2 unspecified atom stereocenters. The molecule has 0 spiro atoms. The second kappa shape index (κ2) is 3.17. The fourth-order valence-corrected chi connectivity index (χ4v) is 1.21. The first-order valence-corrected chi connectivity index (χ1v) is 3.50. The van der Waals surface area contributed by atoms with Gasteiger partial charge in [0.2, 0.25) is 5.91 Å². The number of carbonyl (C=O) groups is 1. The van der Waals surface area contributed by atoms with E-state index in [-0.39, 0.29) is 12.5 Å². The normalized spacial score (nSPS) is 32.3. The number of aliphatic hydroxyl groups excluding tert-OH is 1. The quantitative estimate of drug-likeness (QED) is 0.439. The highest BCUT2D eigenvalue weighted by molar-refractivity contribution is 5.81. The van der Waals surface area contributed by atoms with Crippen molar-refractivity contribution >= 4 is 5.91 Å². The predicted molar refractivity (Wildman–Crippen MR) is 37.0 cm³/mol. The zero-order chi connectivity index (χ0) is 8.43. The molecular formula is C6H12N2O3. The van der Waals surface area contributed by atoms with E-state index in [0.717, 1.165) is 5.06 Å². The van der Waals surface area contributed by atoms with Crippen LogP contribution in [0, 0.1) is 0 Å². The Morgan fingerprint density at radius 1 is 1.73 bits per heavy atom. The van der Waals surface area contributed by atoms with Gasteiger partial charge in [-0.15, -0.1) is 0 Å². The minimum absolute atomic E-state index is 0.151. The van der Waals surface area contributed by atoms with Crippen LogP contribution in [0.2, 0.25) is 0 Å². The number of likely N-dealkylation sites (N-methyl/N-ethyl adjacent to an activating group) is 1. The first-order valence-electron chi connectivity index (χ1n) is 3.50. The Balaban J connectivity index is 2.52. The van der Waals surface area contributed by atoms with Gasteiger partial charge in [0.15, 0.2) is 0 Å².